The van der Waals surface area contributed by atoms with Gasteiger partial charge < -0.3 is 9.15 Å². The number of carbonyl (C=O) groups excluding carboxylic acids is 1. The third kappa shape index (κ3) is 4.33. The summed E-state index contributed by atoms with van der Waals surface area (Å²) in [6.07, 6.45) is 0. The Bertz CT molecular complexity index is 1140. The number of aromatic nitrogens is 3. The Hall–Kier alpha value is -3.51. The number of nitrogens with zero attached hydrogens (tertiary/aromatic N) is 3. The average Bonchev–Trinajstić information content (AvgIpc) is 3.22. The van der Waals surface area contributed by atoms with Crippen LogP contribution in [0.2, 0.25) is 5.02 Å². The molecule has 4 aromatic rings. The van der Waals surface area contributed by atoms with Crippen LogP contribution in [0.4, 0.5) is 0 Å². The van der Waals surface area contributed by atoms with Crippen molar-refractivity contribution in [1.82, 2.24) is 15.2 Å². The van der Waals surface area contributed by atoms with Crippen molar-refractivity contribution in [3.05, 3.63) is 88.9 Å². The van der Waals surface area contributed by atoms with Crippen LogP contribution >= 0.6 is 11.6 Å². The largest absolute Gasteiger partial charge is 0.452 e. The number of benzene rings is 2. The van der Waals surface area contributed by atoms with E-state index in [2.05, 4.69) is 15.2 Å². The first-order valence-electron chi connectivity index (χ1n) is 8.88. The van der Waals surface area contributed by atoms with Gasteiger partial charge >= 0.3 is 5.97 Å². The summed E-state index contributed by atoms with van der Waals surface area (Å²) in [5, 5.41) is 8.50. The van der Waals surface area contributed by atoms with Gasteiger partial charge in [0, 0.05) is 16.1 Å². The average molecular weight is 406 g/mol. The minimum Gasteiger partial charge on any atom is -0.452 e. The van der Waals surface area contributed by atoms with Crippen LogP contribution in [-0.2, 0) is 11.3 Å². The van der Waals surface area contributed by atoms with Crippen LogP contribution in [-0.4, -0.2) is 21.2 Å². The summed E-state index contributed by atoms with van der Waals surface area (Å²) < 4.78 is 10.9. The minimum absolute atomic E-state index is 0.126. The molecule has 144 valence electrons. The molecule has 0 unspecified atom stereocenters. The quantitative estimate of drug-likeness (QED) is 0.429. The van der Waals surface area contributed by atoms with Crippen LogP contribution < -0.4 is 0 Å². The van der Waals surface area contributed by atoms with Gasteiger partial charge in [-0.2, -0.15) is 0 Å². The molecule has 0 saturated carbocycles. The SMILES string of the molecule is Cc1nc(-c2ccccc2)ccc1C(=O)OCc1nnc(-c2ccc(Cl)cc2)o1. The number of aryl methyl sites for hydroxylation is 1. The Kier molecular flexibility index (Phi) is 5.35. The Morgan fingerprint density at radius 3 is 2.45 bits per heavy atom. The second-order valence-corrected chi connectivity index (χ2v) is 6.72. The van der Waals surface area contributed by atoms with Crippen molar-refractivity contribution in [2.24, 2.45) is 0 Å². The van der Waals surface area contributed by atoms with Gasteiger partial charge in [0.2, 0.25) is 5.89 Å². The van der Waals surface area contributed by atoms with Crippen molar-refractivity contribution in [3.63, 3.8) is 0 Å². The van der Waals surface area contributed by atoms with Crippen LogP contribution in [0.1, 0.15) is 21.9 Å². The first-order valence-corrected chi connectivity index (χ1v) is 9.26. The van der Waals surface area contributed by atoms with E-state index in [9.17, 15) is 4.79 Å². The number of pyridine rings is 1. The summed E-state index contributed by atoms with van der Waals surface area (Å²) in [6, 6.07) is 20.3. The fourth-order valence-corrected chi connectivity index (χ4v) is 2.90. The van der Waals surface area contributed by atoms with Gasteiger partial charge in [-0.1, -0.05) is 41.9 Å². The highest BCUT2D eigenvalue weighted by atomic mass is 35.5. The molecule has 4 rings (SSSR count). The second kappa shape index (κ2) is 8.24. The van der Waals surface area contributed by atoms with Gasteiger partial charge in [-0.05, 0) is 43.3 Å². The van der Waals surface area contributed by atoms with Crippen LogP contribution in [0.3, 0.4) is 0 Å². The summed E-state index contributed by atoms with van der Waals surface area (Å²) >= 11 is 5.88. The van der Waals surface area contributed by atoms with Crippen molar-refractivity contribution in [2.75, 3.05) is 0 Å². The van der Waals surface area contributed by atoms with Gasteiger partial charge in [-0.25, -0.2) is 4.79 Å². The summed E-state index contributed by atoms with van der Waals surface area (Å²) in [5.41, 5.74) is 3.49. The molecule has 0 spiro atoms. The number of ether oxygens (including phenoxy) is 1. The number of hydrogen-bond donors (Lipinski definition) is 0. The number of halogens is 1. The molecule has 2 heterocycles. The first-order chi connectivity index (χ1) is 14.1. The molecule has 0 amide bonds. The smallest absolute Gasteiger partial charge is 0.340 e. The molecular weight excluding hydrogens is 390 g/mol. The summed E-state index contributed by atoms with van der Waals surface area (Å²) in [5.74, 6) is 0.0356. The van der Waals surface area contributed by atoms with Crippen molar-refractivity contribution in [2.45, 2.75) is 13.5 Å². The van der Waals surface area contributed by atoms with Gasteiger partial charge in [0.25, 0.3) is 5.89 Å². The van der Waals surface area contributed by atoms with Gasteiger partial charge in [0.05, 0.1) is 17.0 Å². The fourth-order valence-electron chi connectivity index (χ4n) is 2.77. The predicted octanol–water partition coefficient (Wildman–Crippen LogP) is 5.12. The molecule has 7 heteroatoms. The normalized spacial score (nSPS) is 10.7. The van der Waals surface area contributed by atoms with Crippen molar-refractivity contribution in [3.8, 4) is 22.7 Å². The lowest BCUT2D eigenvalue weighted by Crippen LogP contribution is -2.08. The van der Waals surface area contributed by atoms with Crippen LogP contribution in [0.15, 0.2) is 71.1 Å². The third-order valence-electron chi connectivity index (χ3n) is 4.26. The van der Waals surface area contributed by atoms with E-state index < -0.39 is 5.97 Å². The molecular formula is C22H16ClN3O3. The highest BCUT2D eigenvalue weighted by molar-refractivity contribution is 6.30. The van der Waals surface area contributed by atoms with E-state index >= 15 is 0 Å². The minimum atomic E-state index is -0.499. The molecule has 6 nitrogen and oxygen atoms in total. The molecule has 0 N–H and O–H groups in total. The molecule has 0 fully saturated rings. The zero-order valence-electron chi connectivity index (χ0n) is 15.5. The highest BCUT2D eigenvalue weighted by Crippen LogP contribution is 2.21. The molecule has 0 aliphatic heterocycles. The van der Waals surface area contributed by atoms with Gasteiger partial charge in [-0.3, -0.25) is 4.98 Å². The van der Waals surface area contributed by atoms with Gasteiger partial charge in [-0.15, -0.1) is 10.2 Å². The topological polar surface area (TPSA) is 78.1 Å². The van der Waals surface area contributed by atoms with Gasteiger partial charge in [0.1, 0.15) is 0 Å². The zero-order valence-corrected chi connectivity index (χ0v) is 16.3. The first kappa shape index (κ1) is 18.8. The van der Waals surface area contributed by atoms with Gasteiger partial charge in [0.15, 0.2) is 6.61 Å². The van der Waals surface area contributed by atoms with Crippen LogP contribution in [0.25, 0.3) is 22.7 Å². The molecule has 2 aromatic heterocycles. The van der Waals surface area contributed by atoms with Crippen molar-refractivity contribution in [1.29, 1.82) is 0 Å². The lowest BCUT2D eigenvalue weighted by molar-refractivity contribution is 0.0437. The number of carbonyl (C=O) groups is 1. The summed E-state index contributed by atoms with van der Waals surface area (Å²) in [6.45, 7) is 1.65. The van der Waals surface area contributed by atoms with E-state index in [-0.39, 0.29) is 12.5 Å². The molecule has 0 radical (unpaired) electrons. The highest BCUT2D eigenvalue weighted by Gasteiger charge is 2.15. The summed E-state index contributed by atoms with van der Waals surface area (Å²) in [7, 11) is 0. The lowest BCUT2D eigenvalue weighted by Gasteiger charge is -2.07. The van der Waals surface area contributed by atoms with Crippen LogP contribution in [0, 0.1) is 6.92 Å². The van der Waals surface area contributed by atoms with E-state index in [0.29, 0.717) is 22.2 Å². The summed E-state index contributed by atoms with van der Waals surface area (Å²) in [4.78, 5) is 16.9. The van der Waals surface area contributed by atoms with Crippen molar-refractivity contribution >= 4 is 17.6 Å². The Labute approximate surface area is 172 Å². The zero-order chi connectivity index (χ0) is 20.2. The molecule has 0 saturated heterocycles. The number of hydrogen-bond acceptors (Lipinski definition) is 6. The molecule has 0 bridgehead atoms. The maximum Gasteiger partial charge on any atom is 0.340 e. The Morgan fingerprint density at radius 2 is 1.72 bits per heavy atom. The maximum absolute atomic E-state index is 12.4. The van der Waals surface area contributed by atoms with Crippen molar-refractivity contribution < 1.29 is 13.9 Å². The molecule has 0 aliphatic rings. The van der Waals surface area contributed by atoms with E-state index in [0.717, 1.165) is 16.8 Å². The third-order valence-corrected chi connectivity index (χ3v) is 4.51. The van der Waals surface area contributed by atoms with E-state index in [1.165, 1.54) is 0 Å². The standard InChI is InChI=1S/C22H16ClN3O3/c1-14-18(11-12-19(24-14)15-5-3-2-4-6-15)22(27)28-13-20-25-26-21(29-20)16-7-9-17(23)10-8-16/h2-12H,13H2,1H3. The van der Waals surface area contributed by atoms with E-state index in [1.54, 1.807) is 43.3 Å². The predicted molar refractivity (Wildman–Crippen MR) is 108 cm³/mol. The van der Waals surface area contributed by atoms with E-state index in [4.69, 9.17) is 20.8 Å². The molecule has 0 atom stereocenters. The Morgan fingerprint density at radius 1 is 0.966 bits per heavy atom. The van der Waals surface area contributed by atoms with E-state index in [1.807, 2.05) is 30.3 Å². The monoisotopic (exact) mass is 405 g/mol. The number of esters is 1. The lowest BCUT2D eigenvalue weighted by atomic mass is 10.1. The molecule has 29 heavy (non-hydrogen) atoms. The molecule has 0 aliphatic carbocycles. The number of rotatable bonds is 5. The second-order valence-electron chi connectivity index (χ2n) is 6.28. The Balaban J connectivity index is 1.43. The fraction of sp³-hybridized carbons (Fsp3) is 0.0909. The van der Waals surface area contributed by atoms with Crippen LogP contribution in [0.5, 0.6) is 0 Å². The molecule has 2 aromatic carbocycles. The maximum atomic E-state index is 12.4.